The Hall–Kier alpha value is -0.610. The summed E-state index contributed by atoms with van der Waals surface area (Å²) in [5.41, 5.74) is 0. The Balaban J connectivity index is 1.97. The Labute approximate surface area is 103 Å². The van der Waals surface area contributed by atoms with Gasteiger partial charge >= 0.3 is 0 Å². The molecule has 0 saturated carbocycles. The standard InChI is InChI=1S/C13H24N2O2/c1-10-6-11(8-14-7-10)13(17)15-5-3-2-4-12(15)9-16/h10-12,14,16H,2-9H2,1H3. The van der Waals surface area contributed by atoms with Crippen molar-refractivity contribution < 1.29 is 9.90 Å². The van der Waals surface area contributed by atoms with Crippen LogP contribution in [0.4, 0.5) is 0 Å². The fourth-order valence-corrected chi connectivity index (χ4v) is 3.06. The third-order valence-corrected chi connectivity index (χ3v) is 4.04. The van der Waals surface area contributed by atoms with Crippen LogP contribution in [0.3, 0.4) is 0 Å². The van der Waals surface area contributed by atoms with E-state index in [1.807, 2.05) is 4.90 Å². The minimum atomic E-state index is 0.0634. The first kappa shape index (κ1) is 12.8. The Kier molecular flexibility index (Phi) is 4.40. The van der Waals surface area contributed by atoms with Gasteiger partial charge in [-0.1, -0.05) is 6.92 Å². The van der Waals surface area contributed by atoms with Gasteiger partial charge in [-0.3, -0.25) is 4.79 Å². The lowest BCUT2D eigenvalue weighted by Crippen LogP contribution is -2.51. The quantitative estimate of drug-likeness (QED) is 0.743. The molecule has 0 spiro atoms. The van der Waals surface area contributed by atoms with Crippen molar-refractivity contribution in [3.63, 3.8) is 0 Å². The molecule has 2 aliphatic heterocycles. The second-order valence-electron chi connectivity index (χ2n) is 5.56. The number of carbonyl (C=O) groups is 1. The Morgan fingerprint density at radius 1 is 1.41 bits per heavy atom. The highest BCUT2D eigenvalue weighted by atomic mass is 16.3. The molecule has 0 aromatic carbocycles. The van der Waals surface area contributed by atoms with Crippen LogP contribution in [0.25, 0.3) is 0 Å². The third kappa shape index (κ3) is 2.99. The van der Waals surface area contributed by atoms with E-state index in [1.165, 1.54) is 0 Å². The lowest BCUT2D eigenvalue weighted by molar-refractivity contribution is -0.141. The molecule has 3 atom stereocenters. The average molecular weight is 240 g/mol. The second-order valence-corrected chi connectivity index (χ2v) is 5.56. The maximum absolute atomic E-state index is 12.4. The van der Waals surface area contributed by atoms with E-state index in [0.29, 0.717) is 5.92 Å². The molecule has 2 saturated heterocycles. The maximum Gasteiger partial charge on any atom is 0.227 e. The fraction of sp³-hybridized carbons (Fsp3) is 0.923. The summed E-state index contributed by atoms with van der Waals surface area (Å²) < 4.78 is 0. The summed E-state index contributed by atoms with van der Waals surface area (Å²) in [4.78, 5) is 14.4. The van der Waals surface area contributed by atoms with Gasteiger partial charge in [-0.15, -0.1) is 0 Å². The van der Waals surface area contributed by atoms with Crippen LogP contribution in [-0.4, -0.2) is 48.2 Å². The van der Waals surface area contributed by atoms with E-state index in [0.717, 1.165) is 45.3 Å². The predicted octanol–water partition coefficient (Wildman–Crippen LogP) is 0.605. The third-order valence-electron chi connectivity index (χ3n) is 4.04. The van der Waals surface area contributed by atoms with E-state index in [2.05, 4.69) is 12.2 Å². The predicted molar refractivity (Wildman–Crippen MR) is 66.6 cm³/mol. The molecule has 2 fully saturated rings. The number of aliphatic hydroxyl groups is 1. The number of amides is 1. The second kappa shape index (κ2) is 5.83. The van der Waals surface area contributed by atoms with Crippen molar-refractivity contribution in [1.82, 2.24) is 10.2 Å². The van der Waals surface area contributed by atoms with E-state index in [4.69, 9.17) is 0 Å². The summed E-state index contributed by atoms with van der Waals surface area (Å²) >= 11 is 0. The summed E-state index contributed by atoms with van der Waals surface area (Å²) in [6.45, 7) is 4.95. The SMILES string of the molecule is CC1CNCC(C(=O)N2CCCCC2CO)C1. The molecule has 0 aromatic heterocycles. The van der Waals surface area contributed by atoms with Gasteiger partial charge in [0.2, 0.25) is 5.91 Å². The Morgan fingerprint density at radius 2 is 2.24 bits per heavy atom. The van der Waals surface area contributed by atoms with Crippen molar-refractivity contribution in [1.29, 1.82) is 0 Å². The van der Waals surface area contributed by atoms with E-state index >= 15 is 0 Å². The molecule has 1 amide bonds. The van der Waals surface area contributed by atoms with Crippen LogP contribution in [0.15, 0.2) is 0 Å². The molecule has 2 rings (SSSR count). The molecule has 0 aromatic rings. The molecule has 0 aliphatic carbocycles. The number of piperidine rings is 2. The van der Waals surface area contributed by atoms with Gasteiger partial charge < -0.3 is 15.3 Å². The van der Waals surface area contributed by atoms with Gasteiger partial charge in [0.15, 0.2) is 0 Å². The lowest BCUT2D eigenvalue weighted by Gasteiger charge is -2.38. The molecular weight excluding hydrogens is 216 g/mol. The number of hydrogen-bond donors (Lipinski definition) is 2. The van der Waals surface area contributed by atoms with E-state index in [9.17, 15) is 9.90 Å². The highest BCUT2D eigenvalue weighted by Crippen LogP contribution is 2.23. The zero-order valence-corrected chi connectivity index (χ0v) is 10.7. The van der Waals surface area contributed by atoms with Crippen molar-refractivity contribution in [2.24, 2.45) is 11.8 Å². The number of aliphatic hydroxyl groups excluding tert-OH is 1. The maximum atomic E-state index is 12.4. The molecule has 2 N–H and O–H groups in total. The lowest BCUT2D eigenvalue weighted by atomic mass is 9.89. The first-order valence-electron chi connectivity index (χ1n) is 6.84. The number of rotatable bonds is 2. The first-order chi connectivity index (χ1) is 8.22. The molecule has 98 valence electrons. The summed E-state index contributed by atoms with van der Waals surface area (Å²) in [6, 6.07) is 0.0634. The molecule has 4 nitrogen and oxygen atoms in total. The van der Waals surface area contributed by atoms with Gasteiger partial charge in [-0.2, -0.15) is 0 Å². The Morgan fingerprint density at radius 3 is 2.94 bits per heavy atom. The molecule has 3 unspecified atom stereocenters. The van der Waals surface area contributed by atoms with Crippen molar-refractivity contribution in [2.45, 2.75) is 38.6 Å². The van der Waals surface area contributed by atoms with Gasteiger partial charge in [0.05, 0.1) is 18.6 Å². The molecule has 0 radical (unpaired) electrons. The van der Waals surface area contributed by atoms with E-state index in [-0.39, 0.29) is 24.5 Å². The van der Waals surface area contributed by atoms with Gasteiger partial charge in [-0.05, 0) is 38.1 Å². The van der Waals surface area contributed by atoms with Gasteiger partial charge in [0, 0.05) is 13.1 Å². The van der Waals surface area contributed by atoms with Crippen LogP contribution >= 0.6 is 0 Å². The number of carbonyl (C=O) groups excluding carboxylic acids is 1. The number of likely N-dealkylation sites (tertiary alicyclic amines) is 1. The zero-order chi connectivity index (χ0) is 12.3. The van der Waals surface area contributed by atoms with Gasteiger partial charge in [-0.25, -0.2) is 0 Å². The van der Waals surface area contributed by atoms with Crippen LogP contribution in [0.1, 0.15) is 32.6 Å². The highest BCUT2D eigenvalue weighted by Gasteiger charge is 2.33. The first-order valence-corrected chi connectivity index (χ1v) is 6.84. The molecule has 2 heterocycles. The number of nitrogens with one attached hydrogen (secondary N) is 1. The Bertz CT molecular complexity index is 270. The van der Waals surface area contributed by atoms with Crippen molar-refractivity contribution >= 4 is 5.91 Å². The van der Waals surface area contributed by atoms with Crippen LogP contribution in [0.2, 0.25) is 0 Å². The van der Waals surface area contributed by atoms with E-state index < -0.39 is 0 Å². The normalized spacial score (nSPS) is 34.7. The minimum Gasteiger partial charge on any atom is -0.394 e. The largest absolute Gasteiger partial charge is 0.394 e. The smallest absolute Gasteiger partial charge is 0.227 e. The molecule has 17 heavy (non-hydrogen) atoms. The fourth-order valence-electron chi connectivity index (χ4n) is 3.06. The zero-order valence-electron chi connectivity index (χ0n) is 10.7. The van der Waals surface area contributed by atoms with Crippen LogP contribution < -0.4 is 5.32 Å². The highest BCUT2D eigenvalue weighted by molar-refractivity contribution is 5.79. The summed E-state index contributed by atoms with van der Waals surface area (Å²) in [6.07, 6.45) is 4.16. The van der Waals surface area contributed by atoms with Crippen molar-refractivity contribution in [2.75, 3.05) is 26.2 Å². The van der Waals surface area contributed by atoms with Gasteiger partial charge in [0.25, 0.3) is 0 Å². The molecule has 0 bridgehead atoms. The molecule has 2 aliphatic rings. The summed E-state index contributed by atoms with van der Waals surface area (Å²) in [5, 5.41) is 12.7. The van der Waals surface area contributed by atoms with Crippen molar-refractivity contribution in [3.8, 4) is 0 Å². The molecule has 4 heteroatoms. The van der Waals surface area contributed by atoms with Crippen molar-refractivity contribution in [3.05, 3.63) is 0 Å². The van der Waals surface area contributed by atoms with Crippen LogP contribution in [0, 0.1) is 11.8 Å². The summed E-state index contributed by atoms with van der Waals surface area (Å²) in [7, 11) is 0. The van der Waals surface area contributed by atoms with Crippen LogP contribution in [-0.2, 0) is 4.79 Å². The average Bonchev–Trinajstić information content (AvgIpc) is 2.38. The summed E-state index contributed by atoms with van der Waals surface area (Å²) in [5.74, 6) is 0.948. The monoisotopic (exact) mass is 240 g/mol. The van der Waals surface area contributed by atoms with Gasteiger partial charge in [0.1, 0.15) is 0 Å². The van der Waals surface area contributed by atoms with Crippen LogP contribution in [0.5, 0.6) is 0 Å². The number of nitrogens with zero attached hydrogens (tertiary/aromatic N) is 1. The van der Waals surface area contributed by atoms with E-state index in [1.54, 1.807) is 0 Å². The molecular formula is C13H24N2O2. The minimum absolute atomic E-state index is 0.0634. The topological polar surface area (TPSA) is 52.6 Å². The number of hydrogen-bond acceptors (Lipinski definition) is 3.